The second-order valence-corrected chi connectivity index (χ2v) is 13.7. The van der Waals surface area contributed by atoms with Crippen LogP contribution in [0.5, 0.6) is 17.2 Å². The Morgan fingerprint density at radius 3 is 2.31 bits per heavy atom. The predicted octanol–water partition coefficient (Wildman–Crippen LogP) is 4.07. The molecule has 0 aromatic heterocycles. The fraction of sp³-hybridized carbons (Fsp3) is 0.606. The number of allylic oxidation sites excluding steroid dienone is 4. The Morgan fingerprint density at radius 2 is 1.64 bits per heavy atom. The van der Waals surface area contributed by atoms with E-state index in [-0.39, 0.29) is 47.3 Å². The van der Waals surface area contributed by atoms with Crippen molar-refractivity contribution in [2.45, 2.75) is 85.2 Å². The summed E-state index contributed by atoms with van der Waals surface area (Å²) in [5, 5.41) is 46.3. The first-order valence-corrected chi connectivity index (χ1v) is 15.1. The average Bonchev–Trinajstić information content (AvgIpc) is 3.58. The van der Waals surface area contributed by atoms with Crippen molar-refractivity contribution >= 4 is 17.5 Å². The molecular formula is C33H41NO8. The highest BCUT2D eigenvalue weighted by atomic mass is 16.5. The first-order chi connectivity index (χ1) is 19.7. The third-order valence-electron chi connectivity index (χ3n) is 10.9. The number of phenols is 3. The highest BCUT2D eigenvalue weighted by Gasteiger charge is 2.71. The fourth-order valence-corrected chi connectivity index (χ4v) is 8.90. The predicted molar refractivity (Wildman–Crippen MR) is 152 cm³/mol. The van der Waals surface area contributed by atoms with Crippen LogP contribution in [0.2, 0.25) is 0 Å². The van der Waals surface area contributed by atoms with E-state index in [1.807, 2.05) is 32.9 Å². The number of nitrogens with one attached hydrogen (secondary N) is 1. The first kappa shape index (κ1) is 28.9. The second-order valence-electron chi connectivity index (χ2n) is 13.7. The summed E-state index contributed by atoms with van der Waals surface area (Å²) in [6.45, 7) is 11.7. The van der Waals surface area contributed by atoms with Crippen LogP contribution in [0, 0.1) is 47.8 Å². The number of ketones is 2. The molecule has 6 rings (SSSR count). The molecule has 2 bridgehead atoms. The molecule has 2 saturated heterocycles. The number of aromatic hydroxyl groups is 3. The summed E-state index contributed by atoms with van der Waals surface area (Å²) in [5.41, 5.74) is 1.18. The number of benzene rings is 1. The van der Waals surface area contributed by atoms with Gasteiger partial charge in [-0.05, 0) is 57.4 Å². The zero-order chi connectivity index (χ0) is 30.6. The number of ether oxygens (including phenoxy) is 1. The van der Waals surface area contributed by atoms with E-state index in [1.165, 1.54) is 0 Å². The van der Waals surface area contributed by atoms with Gasteiger partial charge in [-0.25, -0.2) is 0 Å². The van der Waals surface area contributed by atoms with Crippen LogP contribution >= 0.6 is 0 Å². The minimum absolute atomic E-state index is 0.102. The SMILES string of the molecule is CC1=C[C@H]2C=C(C)[C@@H](C)[C@H]3[C@H](CC(C)C)NC(=O)[C@@]23C(=O)[C@H]2[C@H](C(=O)[C@H](O)CC1)[C@H]1O[C@@H]2c2c(O)c(O)c(O)c(C)c21. The van der Waals surface area contributed by atoms with E-state index in [0.29, 0.717) is 18.4 Å². The maximum absolute atomic E-state index is 15.4. The molecule has 9 heteroatoms. The van der Waals surface area contributed by atoms with Gasteiger partial charge in [-0.2, -0.15) is 0 Å². The molecule has 2 fully saturated rings. The third-order valence-corrected chi connectivity index (χ3v) is 10.9. The van der Waals surface area contributed by atoms with Gasteiger partial charge >= 0.3 is 0 Å². The van der Waals surface area contributed by atoms with Gasteiger partial charge in [0.05, 0.1) is 24.0 Å². The Morgan fingerprint density at radius 1 is 0.976 bits per heavy atom. The number of hydrogen-bond donors (Lipinski definition) is 5. The molecule has 0 saturated carbocycles. The molecule has 9 nitrogen and oxygen atoms in total. The Balaban J connectivity index is 1.62. The molecule has 0 unspecified atom stereocenters. The van der Waals surface area contributed by atoms with Crippen molar-refractivity contribution in [3.8, 4) is 17.2 Å². The maximum Gasteiger partial charge on any atom is 0.235 e. The molecule has 10 atom stereocenters. The van der Waals surface area contributed by atoms with Gasteiger partial charge < -0.3 is 30.5 Å². The third kappa shape index (κ3) is 3.65. The van der Waals surface area contributed by atoms with E-state index in [9.17, 15) is 30.0 Å². The molecule has 5 N–H and O–H groups in total. The van der Waals surface area contributed by atoms with Gasteiger partial charge in [0.1, 0.15) is 11.5 Å². The highest BCUT2D eigenvalue weighted by molar-refractivity contribution is 6.12. The lowest BCUT2D eigenvalue weighted by atomic mass is 9.51. The summed E-state index contributed by atoms with van der Waals surface area (Å²) in [4.78, 5) is 43.8. The molecule has 1 spiro atoms. The number of rotatable bonds is 2. The maximum atomic E-state index is 15.4. The lowest BCUT2D eigenvalue weighted by Gasteiger charge is -2.47. The summed E-state index contributed by atoms with van der Waals surface area (Å²) in [6, 6.07) is -0.260. The molecule has 1 amide bonds. The number of hydrogen-bond acceptors (Lipinski definition) is 8. The van der Waals surface area contributed by atoms with E-state index in [0.717, 1.165) is 11.1 Å². The minimum atomic E-state index is -1.53. The first-order valence-electron chi connectivity index (χ1n) is 15.1. The fourth-order valence-electron chi connectivity index (χ4n) is 8.90. The van der Waals surface area contributed by atoms with Crippen molar-refractivity contribution in [2.24, 2.45) is 40.9 Å². The van der Waals surface area contributed by atoms with Crippen LogP contribution in [0.4, 0.5) is 0 Å². The van der Waals surface area contributed by atoms with E-state index >= 15 is 4.79 Å². The van der Waals surface area contributed by atoms with Crippen molar-refractivity contribution in [1.29, 1.82) is 0 Å². The molecule has 1 aromatic rings. The van der Waals surface area contributed by atoms with Crippen molar-refractivity contribution < 1.29 is 39.5 Å². The monoisotopic (exact) mass is 579 g/mol. The van der Waals surface area contributed by atoms with Gasteiger partial charge in [-0.15, -0.1) is 0 Å². The normalized spacial score (nSPS) is 39.1. The molecule has 42 heavy (non-hydrogen) atoms. The molecule has 1 aromatic carbocycles. The molecule has 3 aliphatic heterocycles. The van der Waals surface area contributed by atoms with Gasteiger partial charge in [0.2, 0.25) is 11.7 Å². The van der Waals surface area contributed by atoms with Crippen LogP contribution in [-0.4, -0.2) is 50.0 Å². The minimum Gasteiger partial charge on any atom is -0.504 e. The molecular weight excluding hydrogens is 538 g/mol. The summed E-state index contributed by atoms with van der Waals surface area (Å²) in [5.74, 6) is -6.31. The molecule has 5 aliphatic rings. The topological polar surface area (TPSA) is 153 Å². The van der Waals surface area contributed by atoms with Crippen molar-refractivity contribution in [3.63, 3.8) is 0 Å². The quantitative estimate of drug-likeness (QED) is 0.200. The zero-order valence-electron chi connectivity index (χ0n) is 25.0. The van der Waals surface area contributed by atoms with Gasteiger partial charge in [-0.3, -0.25) is 14.4 Å². The largest absolute Gasteiger partial charge is 0.504 e. The van der Waals surface area contributed by atoms with E-state index in [1.54, 1.807) is 6.92 Å². The van der Waals surface area contributed by atoms with Crippen LogP contribution in [0.1, 0.15) is 82.8 Å². The van der Waals surface area contributed by atoms with Crippen molar-refractivity contribution in [1.82, 2.24) is 5.32 Å². The van der Waals surface area contributed by atoms with Crippen LogP contribution in [0.25, 0.3) is 0 Å². The molecule has 0 radical (unpaired) electrons. The number of fused-ring (bicyclic) bond motifs is 8. The summed E-state index contributed by atoms with van der Waals surface area (Å²) < 4.78 is 6.30. The van der Waals surface area contributed by atoms with Gasteiger partial charge in [0, 0.05) is 29.0 Å². The summed E-state index contributed by atoms with van der Waals surface area (Å²) >= 11 is 0. The number of Topliss-reactive ketones (excluding diaryl/α,β-unsaturated/α-hetero) is 2. The standard InChI is InChI=1S/C33H41NO8/c1-12(2)9-18-24-15(5)14(4)11-17-10-13(3)7-8-19(35)26(37)22-23(31(40)33(17,24)32(41)34-18)30-21-20(29(22)42-30)16(6)25(36)28(39)27(21)38/h10-12,15,17-19,22-24,29-30,35-36,38-39H,7-9H2,1-6H3,(H,34,41)/t15-,17+,18+,19-,22-,23+,24+,29+,30-,33+/m1/s1. The molecule has 2 aliphatic carbocycles. The Labute approximate surface area is 245 Å². The van der Waals surface area contributed by atoms with E-state index in [4.69, 9.17) is 4.74 Å². The molecule has 3 heterocycles. The Bertz CT molecular complexity index is 1460. The van der Waals surface area contributed by atoms with Gasteiger partial charge in [0.25, 0.3) is 0 Å². The lowest BCUT2D eigenvalue weighted by Crippen LogP contribution is -2.56. The van der Waals surface area contributed by atoms with Gasteiger partial charge in [0.15, 0.2) is 23.1 Å². The van der Waals surface area contributed by atoms with Crippen molar-refractivity contribution in [3.05, 3.63) is 40.0 Å². The highest BCUT2D eigenvalue weighted by Crippen LogP contribution is 2.67. The number of carbonyl (C=O) groups is 3. The summed E-state index contributed by atoms with van der Waals surface area (Å²) in [7, 11) is 0. The smallest absolute Gasteiger partial charge is 0.235 e. The summed E-state index contributed by atoms with van der Waals surface area (Å²) in [6.07, 6.45) is 1.69. The van der Waals surface area contributed by atoms with Gasteiger partial charge in [-0.1, -0.05) is 44.1 Å². The number of amides is 1. The van der Waals surface area contributed by atoms with E-state index in [2.05, 4.69) is 19.2 Å². The number of aliphatic hydroxyl groups excluding tert-OH is 1. The second kappa shape index (κ2) is 9.67. The number of carbonyl (C=O) groups excluding carboxylic acids is 3. The van der Waals surface area contributed by atoms with E-state index < -0.39 is 70.3 Å². The number of aliphatic hydroxyl groups is 1. The molecule has 226 valence electrons. The number of phenolic OH excluding ortho intramolecular Hbond substituents is 3. The van der Waals surface area contributed by atoms with Crippen LogP contribution in [0.15, 0.2) is 23.3 Å². The van der Waals surface area contributed by atoms with Crippen LogP contribution < -0.4 is 5.32 Å². The average molecular weight is 580 g/mol. The van der Waals surface area contributed by atoms with Crippen LogP contribution in [-0.2, 0) is 19.1 Å². The van der Waals surface area contributed by atoms with Crippen LogP contribution in [0.3, 0.4) is 0 Å². The Kier molecular flexibility index (Phi) is 6.66. The zero-order valence-corrected chi connectivity index (χ0v) is 25.0. The Hall–Kier alpha value is -3.17. The lowest BCUT2D eigenvalue weighted by molar-refractivity contribution is -0.152. The van der Waals surface area contributed by atoms with Crippen molar-refractivity contribution in [2.75, 3.05) is 0 Å².